The molecule has 1 N–H and O–H groups in total. The third-order valence-corrected chi connectivity index (χ3v) is 6.31. The molecule has 0 radical (unpaired) electrons. The molecule has 1 amide bonds. The lowest BCUT2D eigenvalue weighted by Crippen LogP contribution is -2.28. The first kappa shape index (κ1) is 22.9. The number of fused-ring (bicyclic) bond motifs is 1. The fourth-order valence-corrected chi connectivity index (χ4v) is 4.66. The number of nitrogens with one attached hydrogen (secondary N) is 1. The Morgan fingerprint density at radius 2 is 1.94 bits per heavy atom. The molecule has 0 spiro atoms. The zero-order valence-corrected chi connectivity index (χ0v) is 20.0. The molecule has 0 fully saturated rings. The van der Waals surface area contributed by atoms with Crippen molar-refractivity contribution >= 4 is 22.2 Å². The SMILES string of the molecule is COCCCNC(=O)Cc1csc2nc(C)c(-c3cc(C)n(-c4ccc(C)cc4)n3)c(=O)n12. The zero-order chi connectivity index (χ0) is 23.5. The minimum atomic E-state index is -0.213. The molecule has 0 saturated heterocycles. The van der Waals surface area contributed by atoms with Gasteiger partial charge in [-0.1, -0.05) is 17.7 Å². The first-order valence-corrected chi connectivity index (χ1v) is 11.7. The second-order valence-corrected chi connectivity index (χ2v) is 8.85. The van der Waals surface area contributed by atoms with Gasteiger partial charge in [0.15, 0.2) is 4.96 Å². The Kier molecular flexibility index (Phi) is 6.71. The molecule has 1 aromatic carbocycles. The van der Waals surface area contributed by atoms with E-state index >= 15 is 0 Å². The van der Waals surface area contributed by atoms with Crippen LogP contribution in [-0.4, -0.2) is 45.3 Å². The normalized spacial score (nSPS) is 11.3. The van der Waals surface area contributed by atoms with Crippen molar-refractivity contribution in [3.63, 3.8) is 0 Å². The number of aryl methyl sites for hydroxylation is 3. The smallest absolute Gasteiger partial charge is 0.268 e. The van der Waals surface area contributed by atoms with Crippen LogP contribution in [0.4, 0.5) is 0 Å². The Morgan fingerprint density at radius 1 is 1.18 bits per heavy atom. The first-order chi connectivity index (χ1) is 15.9. The maximum atomic E-state index is 13.5. The van der Waals surface area contributed by atoms with Crippen LogP contribution in [0.2, 0.25) is 0 Å². The Hall–Kier alpha value is -3.30. The van der Waals surface area contributed by atoms with E-state index in [4.69, 9.17) is 9.84 Å². The number of ether oxygens (including phenoxy) is 1. The maximum Gasteiger partial charge on any atom is 0.268 e. The Labute approximate surface area is 195 Å². The molecule has 0 atom stereocenters. The molecule has 4 rings (SSSR count). The summed E-state index contributed by atoms with van der Waals surface area (Å²) >= 11 is 1.35. The van der Waals surface area contributed by atoms with Gasteiger partial charge in [0, 0.05) is 37.0 Å². The summed E-state index contributed by atoms with van der Waals surface area (Å²) in [5, 5.41) is 9.40. The molecule has 0 unspecified atom stereocenters. The van der Waals surface area contributed by atoms with Gasteiger partial charge in [0.05, 0.1) is 23.4 Å². The second-order valence-electron chi connectivity index (χ2n) is 8.01. The highest BCUT2D eigenvalue weighted by Gasteiger charge is 2.20. The van der Waals surface area contributed by atoms with Crippen molar-refractivity contribution in [3.8, 4) is 16.9 Å². The topological polar surface area (TPSA) is 90.5 Å². The third-order valence-electron chi connectivity index (χ3n) is 5.43. The molecule has 0 aliphatic carbocycles. The van der Waals surface area contributed by atoms with Crippen molar-refractivity contribution in [2.75, 3.05) is 20.3 Å². The van der Waals surface area contributed by atoms with Gasteiger partial charge in [-0.15, -0.1) is 11.3 Å². The average molecular weight is 466 g/mol. The summed E-state index contributed by atoms with van der Waals surface area (Å²) in [5.74, 6) is -0.140. The number of aromatic nitrogens is 4. The highest BCUT2D eigenvalue weighted by Crippen LogP contribution is 2.23. The lowest BCUT2D eigenvalue weighted by molar-refractivity contribution is -0.120. The summed E-state index contributed by atoms with van der Waals surface area (Å²) < 4.78 is 8.36. The summed E-state index contributed by atoms with van der Waals surface area (Å²) in [4.78, 5) is 31.1. The molecule has 0 saturated carbocycles. The molecular formula is C24H27N5O3S. The van der Waals surface area contributed by atoms with Crippen molar-refractivity contribution in [1.82, 2.24) is 24.5 Å². The summed E-state index contributed by atoms with van der Waals surface area (Å²) in [6.45, 7) is 6.93. The van der Waals surface area contributed by atoms with Crippen molar-refractivity contribution in [2.45, 2.75) is 33.6 Å². The van der Waals surface area contributed by atoms with E-state index in [1.54, 1.807) is 7.11 Å². The highest BCUT2D eigenvalue weighted by molar-refractivity contribution is 7.15. The molecule has 0 bridgehead atoms. The third kappa shape index (κ3) is 4.74. The van der Waals surface area contributed by atoms with Gasteiger partial charge in [-0.05, 0) is 45.4 Å². The van der Waals surface area contributed by atoms with Gasteiger partial charge in [0.1, 0.15) is 5.69 Å². The van der Waals surface area contributed by atoms with Crippen molar-refractivity contribution in [1.29, 1.82) is 0 Å². The summed E-state index contributed by atoms with van der Waals surface area (Å²) in [5.41, 5.74) is 5.05. The van der Waals surface area contributed by atoms with E-state index in [-0.39, 0.29) is 17.9 Å². The number of hydrogen-bond acceptors (Lipinski definition) is 6. The van der Waals surface area contributed by atoms with E-state index in [1.807, 2.05) is 61.2 Å². The van der Waals surface area contributed by atoms with Gasteiger partial charge < -0.3 is 10.1 Å². The van der Waals surface area contributed by atoms with E-state index < -0.39 is 0 Å². The Morgan fingerprint density at radius 3 is 2.67 bits per heavy atom. The van der Waals surface area contributed by atoms with Crippen LogP contribution >= 0.6 is 11.3 Å². The number of nitrogens with zero attached hydrogens (tertiary/aromatic N) is 4. The van der Waals surface area contributed by atoms with Crippen molar-refractivity contribution < 1.29 is 9.53 Å². The van der Waals surface area contributed by atoms with E-state index in [1.165, 1.54) is 21.3 Å². The van der Waals surface area contributed by atoms with Crippen molar-refractivity contribution in [3.05, 3.63) is 68.7 Å². The first-order valence-electron chi connectivity index (χ1n) is 10.8. The molecule has 3 heterocycles. The van der Waals surface area contributed by atoms with Gasteiger partial charge in [-0.25, -0.2) is 9.67 Å². The van der Waals surface area contributed by atoms with Gasteiger partial charge in [0.25, 0.3) is 5.56 Å². The number of methoxy groups -OCH3 is 1. The Bertz CT molecular complexity index is 1350. The molecule has 4 aromatic rings. The fourth-order valence-electron chi connectivity index (χ4n) is 3.74. The highest BCUT2D eigenvalue weighted by atomic mass is 32.1. The molecule has 8 nitrogen and oxygen atoms in total. The summed E-state index contributed by atoms with van der Waals surface area (Å²) in [7, 11) is 1.63. The predicted molar refractivity (Wildman–Crippen MR) is 129 cm³/mol. The van der Waals surface area contributed by atoms with Crippen LogP contribution in [0.25, 0.3) is 21.9 Å². The predicted octanol–water partition coefficient (Wildman–Crippen LogP) is 3.23. The van der Waals surface area contributed by atoms with Gasteiger partial charge in [0.2, 0.25) is 5.91 Å². The monoisotopic (exact) mass is 465 g/mol. The summed E-state index contributed by atoms with van der Waals surface area (Å²) in [6, 6.07) is 9.96. The van der Waals surface area contributed by atoms with Crippen LogP contribution < -0.4 is 10.9 Å². The second kappa shape index (κ2) is 9.68. The number of amides is 1. The molecule has 0 aliphatic heterocycles. The van der Waals surface area contributed by atoms with Crippen LogP contribution in [0.1, 0.15) is 29.1 Å². The lowest BCUT2D eigenvalue weighted by atomic mass is 10.1. The van der Waals surface area contributed by atoms with E-state index in [2.05, 4.69) is 10.3 Å². The fraction of sp³-hybridized carbons (Fsp3) is 0.333. The molecule has 0 aliphatic rings. The number of rotatable bonds is 8. The number of thiazole rings is 1. The number of hydrogen-bond donors (Lipinski definition) is 1. The van der Waals surface area contributed by atoms with Crippen LogP contribution in [0, 0.1) is 20.8 Å². The van der Waals surface area contributed by atoms with E-state index in [0.29, 0.717) is 40.8 Å². The molecule has 9 heteroatoms. The van der Waals surface area contributed by atoms with Crippen LogP contribution in [-0.2, 0) is 16.0 Å². The minimum absolute atomic E-state index is 0.105. The standard InChI is InChI=1S/C24H27N5O3S/c1-15-6-8-18(9-7-15)29-16(2)12-20(27-29)22-17(3)26-24-28(23(22)31)19(14-33-24)13-21(30)25-10-5-11-32-4/h6-9,12,14H,5,10-11,13H2,1-4H3,(H,25,30). The molecule has 33 heavy (non-hydrogen) atoms. The van der Waals surface area contributed by atoms with Crippen LogP contribution in [0.5, 0.6) is 0 Å². The van der Waals surface area contributed by atoms with Crippen LogP contribution in [0.3, 0.4) is 0 Å². The van der Waals surface area contributed by atoms with Gasteiger partial charge in [-0.2, -0.15) is 5.10 Å². The number of carbonyl (C=O) groups excluding carboxylic acids is 1. The lowest BCUT2D eigenvalue weighted by Gasteiger charge is -2.07. The maximum absolute atomic E-state index is 13.5. The quantitative estimate of drug-likeness (QED) is 0.404. The van der Waals surface area contributed by atoms with E-state index in [0.717, 1.165) is 17.8 Å². The molecular weight excluding hydrogens is 438 g/mol. The largest absolute Gasteiger partial charge is 0.385 e. The van der Waals surface area contributed by atoms with Crippen molar-refractivity contribution in [2.24, 2.45) is 0 Å². The summed E-state index contributed by atoms with van der Waals surface area (Å²) in [6.07, 6.45) is 0.842. The van der Waals surface area contributed by atoms with Crippen LogP contribution in [0.15, 0.2) is 40.5 Å². The zero-order valence-electron chi connectivity index (χ0n) is 19.2. The average Bonchev–Trinajstić information content (AvgIpc) is 3.35. The van der Waals surface area contributed by atoms with Gasteiger partial charge >= 0.3 is 0 Å². The molecule has 172 valence electrons. The molecule has 3 aromatic heterocycles. The number of carbonyl (C=O) groups is 1. The minimum Gasteiger partial charge on any atom is -0.385 e. The van der Waals surface area contributed by atoms with E-state index in [9.17, 15) is 9.59 Å². The van der Waals surface area contributed by atoms with Gasteiger partial charge in [-0.3, -0.25) is 14.0 Å². The number of benzene rings is 1. The Balaban J connectivity index is 1.69.